The zero-order valence-corrected chi connectivity index (χ0v) is 18.0. The van der Waals surface area contributed by atoms with Gasteiger partial charge in [-0.1, -0.05) is 0 Å². The molecule has 2 unspecified atom stereocenters. The normalized spacial score (nSPS) is 17.2. The van der Waals surface area contributed by atoms with Crippen LogP contribution < -0.4 is 27.3 Å². The van der Waals surface area contributed by atoms with Crippen LogP contribution >= 0.6 is 0 Å². The summed E-state index contributed by atoms with van der Waals surface area (Å²) >= 11 is 0. The second kappa shape index (κ2) is 7.64. The van der Waals surface area contributed by atoms with E-state index in [0.29, 0.717) is 13.0 Å². The van der Waals surface area contributed by atoms with Crippen LogP contribution in [0.3, 0.4) is 0 Å². The Morgan fingerprint density at radius 1 is 1.29 bits per heavy atom. The van der Waals surface area contributed by atoms with E-state index in [0.717, 1.165) is 16.5 Å². The van der Waals surface area contributed by atoms with Gasteiger partial charge in [-0.05, 0) is 37.5 Å². The highest BCUT2D eigenvalue weighted by molar-refractivity contribution is 6.07. The number of hydrogen-bond acceptors (Lipinski definition) is 6. The minimum atomic E-state index is -1.62. The summed E-state index contributed by atoms with van der Waals surface area (Å²) in [6, 6.07) is 3.31. The minimum Gasteiger partial charge on any atom is -0.477 e. The van der Waals surface area contributed by atoms with Gasteiger partial charge < -0.3 is 26.1 Å². The number of carboxylic acids is 1. The fourth-order valence-corrected chi connectivity index (χ4v) is 4.87. The zero-order chi connectivity index (χ0) is 24.5. The molecule has 2 atom stereocenters. The van der Waals surface area contributed by atoms with Gasteiger partial charge in [-0.15, -0.1) is 0 Å². The number of halogens is 3. The number of benzene rings is 2. The summed E-state index contributed by atoms with van der Waals surface area (Å²) in [5.41, 5.74) is 4.93. The summed E-state index contributed by atoms with van der Waals surface area (Å²) in [4.78, 5) is 29.4. The topological polar surface area (TPSA) is 142 Å². The molecule has 34 heavy (non-hydrogen) atoms. The van der Waals surface area contributed by atoms with E-state index in [-0.39, 0.29) is 40.7 Å². The lowest BCUT2D eigenvalue weighted by molar-refractivity contribution is 0.0697. The lowest BCUT2D eigenvalue weighted by Gasteiger charge is -2.24. The Morgan fingerprint density at radius 3 is 2.65 bits per heavy atom. The molecule has 2 aromatic carbocycles. The van der Waals surface area contributed by atoms with E-state index in [2.05, 4.69) is 10.4 Å². The van der Waals surface area contributed by atoms with Gasteiger partial charge in [0.1, 0.15) is 28.4 Å². The Hall–Kier alpha value is -3.77. The van der Waals surface area contributed by atoms with Crippen LogP contribution in [0.1, 0.15) is 23.7 Å². The van der Waals surface area contributed by atoms with Crippen molar-refractivity contribution in [3.63, 3.8) is 0 Å². The number of hydrazine groups is 1. The van der Waals surface area contributed by atoms with E-state index in [1.54, 1.807) is 0 Å². The number of nitrogens with zero attached hydrogens (tertiary/aromatic N) is 2. The SMILES string of the molecule is CC(N)C1CCN(c2c(F)c(NN)c3c(=O)c(C(=O)O)c4[nH]c5cc(F)ccc5n4c3c2F)C1. The molecular formula is C22H21F3N6O3. The number of fused-ring (bicyclic) bond motifs is 5. The van der Waals surface area contributed by atoms with Crippen molar-refractivity contribution in [2.75, 3.05) is 23.4 Å². The highest BCUT2D eigenvalue weighted by Gasteiger charge is 2.34. The predicted molar refractivity (Wildman–Crippen MR) is 122 cm³/mol. The number of nitrogens with two attached hydrogens (primary N) is 2. The van der Waals surface area contributed by atoms with E-state index < -0.39 is 51.2 Å². The highest BCUT2D eigenvalue weighted by atomic mass is 19.1. The minimum absolute atomic E-state index is 0.00280. The van der Waals surface area contributed by atoms with Gasteiger partial charge in [-0.2, -0.15) is 0 Å². The van der Waals surface area contributed by atoms with Gasteiger partial charge in [0, 0.05) is 19.1 Å². The molecule has 9 nitrogen and oxygen atoms in total. The zero-order valence-electron chi connectivity index (χ0n) is 18.0. The molecule has 3 heterocycles. The molecule has 0 radical (unpaired) electrons. The number of imidazole rings is 1. The van der Waals surface area contributed by atoms with Crippen molar-refractivity contribution in [1.82, 2.24) is 9.38 Å². The molecule has 0 aliphatic carbocycles. The first kappa shape index (κ1) is 22.0. The molecule has 4 aromatic rings. The quantitative estimate of drug-likeness (QED) is 0.226. The Morgan fingerprint density at radius 2 is 2.03 bits per heavy atom. The first-order chi connectivity index (χ1) is 16.1. The molecule has 0 amide bonds. The Labute approximate surface area is 189 Å². The number of aromatic carboxylic acids is 1. The van der Waals surface area contributed by atoms with Gasteiger partial charge in [-0.25, -0.2) is 18.0 Å². The Bertz CT molecular complexity index is 1560. The molecule has 0 saturated carbocycles. The number of aromatic nitrogens is 2. The number of nitrogen functional groups attached to an aromatic ring is 1. The van der Waals surface area contributed by atoms with Crippen LogP contribution in [0.5, 0.6) is 0 Å². The smallest absolute Gasteiger partial charge is 0.343 e. The van der Waals surface area contributed by atoms with Gasteiger partial charge in [-0.3, -0.25) is 15.0 Å². The number of hydrogen-bond donors (Lipinski definition) is 5. The molecular weight excluding hydrogens is 453 g/mol. The fraction of sp³-hybridized carbons (Fsp3) is 0.273. The van der Waals surface area contributed by atoms with E-state index in [9.17, 15) is 19.1 Å². The van der Waals surface area contributed by atoms with Crippen molar-refractivity contribution in [2.45, 2.75) is 19.4 Å². The van der Waals surface area contributed by atoms with Crippen molar-refractivity contribution in [1.29, 1.82) is 0 Å². The molecule has 2 aromatic heterocycles. The number of carboxylic acid groups (broad SMARTS) is 1. The average Bonchev–Trinajstić information content (AvgIpc) is 3.38. The van der Waals surface area contributed by atoms with Crippen molar-refractivity contribution in [3.05, 3.63) is 51.4 Å². The number of anilines is 2. The summed E-state index contributed by atoms with van der Waals surface area (Å²) in [5.74, 6) is 1.12. The third kappa shape index (κ3) is 2.95. The maximum absolute atomic E-state index is 16.2. The van der Waals surface area contributed by atoms with Crippen LogP contribution in [0, 0.1) is 23.4 Å². The van der Waals surface area contributed by atoms with Crippen molar-refractivity contribution < 1.29 is 23.1 Å². The average molecular weight is 474 g/mol. The standard InChI is InChI=1S/C22H21F3N6O3/c1-8(26)9-4-5-30(7-9)19-15(24)17(29-27)13-18(16(19)25)31-12-3-2-10(23)6-11(12)28-21(31)14(20(13)32)22(33)34/h2-3,6,8-9,28-29H,4-5,7,26-27H2,1H3,(H,33,34). The summed E-state index contributed by atoms with van der Waals surface area (Å²) in [5, 5.41) is 9.18. The van der Waals surface area contributed by atoms with E-state index >= 15 is 8.78 Å². The van der Waals surface area contributed by atoms with Gasteiger partial charge in [0.05, 0.1) is 21.9 Å². The Kier molecular flexibility index (Phi) is 4.95. The lowest BCUT2D eigenvalue weighted by Crippen LogP contribution is -2.31. The number of aromatic amines is 1. The molecule has 7 N–H and O–H groups in total. The first-order valence-electron chi connectivity index (χ1n) is 10.6. The molecule has 12 heteroatoms. The molecule has 1 aliphatic heterocycles. The molecule has 1 fully saturated rings. The van der Waals surface area contributed by atoms with E-state index in [1.807, 2.05) is 6.92 Å². The largest absolute Gasteiger partial charge is 0.477 e. The number of carbonyl (C=O) groups is 1. The van der Waals surface area contributed by atoms with Gasteiger partial charge in [0.2, 0.25) is 5.43 Å². The number of nitrogens with one attached hydrogen (secondary N) is 2. The second-order valence-electron chi connectivity index (χ2n) is 8.55. The summed E-state index contributed by atoms with van der Waals surface area (Å²) in [6.07, 6.45) is 0.611. The number of pyridine rings is 1. The first-order valence-corrected chi connectivity index (χ1v) is 10.6. The third-order valence-corrected chi connectivity index (χ3v) is 6.56. The van der Waals surface area contributed by atoms with Crippen molar-refractivity contribution >= 4 is 44.9 Å². The van der Waals surface area contributed by atoms with Crippen LogP contribution in [0.2, 0.25) is 0 Å². The van der Waals surface area contributed by atoms with Gasteiger partial charge in [0.25, 0.3) is 0 Å². The van der Waals surface area contributed by atoms with Crippen LogP contribution in [0.25, 0.3) is 27.6 Å². The van der Waals surface area contributed by atoms with Crippen LogP contribution in [0.15, 0.2) is 23.0 Å². The summed E-state index contributed by atoms with van der Waals surface area (Å²) in [7, 11) is 0. The molecule has 0 spiro atoms. The number of H-pyrrole nitrogens is 1. The Balaban J connectivity index is 1.99. The van der Waals surface area contributed by atoms with Crippen molar-refractivity contribution in [3.8, 4) is 0 Å². The monoisotopic (exact) mass is 474 g/mol. The summed E-state index contributed by atoms with van der Waals surface area (Å²) in [6.45, 7) is 2.42. The highest BCUT2D eigenvalue weighted by Crippen LogP contribution is 2.40. The lowest BCUT2D eigenvalue weighted by atomic mass is 10.0. The van der Waals surface area contributed by atoms with Crippen LogP contribution in [-0.2, 0) is 0 Å². The predicted octanol–water partition coefficient (Wildman–Crippen LogP) is 2.51. The van der Waals surface area contributed by atoms with Gasteiger partial charge in [0.15, 0.2) is 11.6 Å². The molecule has 5 rings (SSSR count). The maximum atomic E-state index is 16.2. The number of rotatable bonds is 4. The fourth-order valence-electron chi connectivity index (χ4n) is 4.87. The maximum Gasteiger partial charge on any atom is 0.343 e. The van der Waals surface area contributed by atoms with Gasteiger partial charge >= 0.3 is 5.97 Å². The molecule has 0 bridgehead atoms. The molecule has 1 aliphatic rings. The molecule has 178 valence electrons. The van der Waals surface area contributed by atoms with Crippen molar-refractivity contribution in [2.24, 2.45) is 17.5 Å². The van der Waals surface area contributed by atoms with E-state index in [4.69, 9.17) is 11.6 Å². The third-order valence-electron chi connectivity index (χ3n) is 6.56. The van der Waals surface area contributed by atoms with E-state index in [1.165, 1.54) is 11.0 Å². The molecule has 1 saturated heterocycles. The van der Waals surface area contributed by atoms with Crippen LogP contribution in [0.4, 0.5) is 24.5 Å². The second-order valence-corrected chi connectivity index (χ2v) is 8.55. The van der Waals surface area contributed by atoms with Crippen LogP contribution in [-0.4, -0.2) is 39.6 Å². The summed E-state index contributed by atoms with van der Waals surface area (Å²) < 4.78 is 46.8.